The van der Waals surface area contributed by atoms with Gasteiger partial charge in [-0.15, -0.1) is 0 Å². The van der Waals surface area contributed by atoms with Crippen molar-refractivity contribution in [3.05, 3.63) is 63.4 Å². The molecule has 2 aromatic carbocycles. The Labute approximate surface area is 138 Å². The minimum Gasteiger partial charge on any atom is -0.457 e. The summed E-state index contributed by atoms with van der Waals surface area (Å²) >= 11 is 2.29. The molecule has 0 saturated heterocycles. The van der Waals surface area contributed by atoms with Gasteiger partial charge in [0, 0.05) is 28.7 Å². The maximum absolute atomic E-state index is 5.83. The van der Waals surface area contributed by atoms with Gasteiger partial charge in [-0.2, -0.15) is 0 Å². The standard InChI is InChI=1S/C18H16INO/c1-20(2)16-8-3-13(4-9-16)5-10-17-11-14-6-7-15(19)12-18(14)21-17/h3-12H,1-2H3. The fourth-order valence-electron chi connectivity index (χ4n) is 2.17. The van der Waals surface area contributed by atoms with Crippen molar-refractivity contribution in [2.24, 2.45) is 0 Å². The lowest BCUT2D eigenvalue weighted by atomic mass is 10.2. The van der Waals surface area contributed by atoms with E-state index in [-0.39, 0.29) is 0 Å². The first-order valence-corrected chi connectivity index (χ1v) is 7.84. The Kier molecular flexibility index (Phi) is 4.01. The summed E-state index contributed by atoms with van der Waals surface area (Å²) in [6.07, 6.45) is 4.08. The molecule has 0 unspecified atom stereocenters. The Morgan fingerprint density at radius 2 is 1.71 bits per heavy atom. The van der Waals surface area contributed by atoms with Gasteiger partial charge in [0.2, 0.25) is 0 Å². The van der Waals surface area contributed by atoms with E-state index in [2.05, 4.69) is 82.1 Å². The molecule has 0 radical (unpaired) electrons. The quantitative estimate of drug-likeness (QED) is 0.568. The van der Waals surface area contributed by atoms with Gasteiger partial charge in [-0.1, -0.05) is 24.3 Å². The van der Waals surface area contributed by atoms with E-state index in [0.29, 0.717) is 0 Å². The van der Waals surface area contributed by atoms with Crippen molar-refractivity contribution in [1.29, 1.82) is 0 Å². The van der Waals surface area contributed by atoms with Crippen molar-refractivity contribution in [2.45, 2.75) is 0 Å². The number of anilines is 1. The first-order valence-electron chi connectivity index (χ1n) is 6.76. The third-order valence-corrected chi connectivity index (χ3v) is 4.02. The fraction of sp³-hybridized carbons (Fsp3) is 0.111. The van der Waals surface area contributed by atoms with E-state index < -0.39 is 0 Å². The van der Waals surface area contributed by atoms with E-state index in [1.54, 1.807) is 0 Å². The smallest absolute Gasteiger partial charge is 0.135 e. The first kappa shape index (κ1) is 14.2. The summed E-state index contributed by atoms with van der Waals surface area (Å²) in [4.78, 5) is 2.09. The second-order valence-electron chi connectivity index (χ2n) is 5.15. The van der Waals surface area contributed by atoms with Crippen LogP contribution in [-0.4, -0.2) is 14.1 Å². The summed E-state index contributed by atoms with van der Waals surface area (Å²) in [7, 11) is 4.08. The van der Waals surface area contributed by atoms with Crippen LogP contribution in [0.1, 0.15) is 11.3 Å². The van der Waals surface area contributed by atoms with Crippen molar-refractivity contribution in [3.63, 3.8) is 0 Å². The molecule has 2 nitrogen and oxygen atoms in total. The predicted octanol–water partition coefficient (Wildman–Crippen LogP) is 5.27. The van der Waals surface area contributed by atoms with Crippen LogP contribution in [0.2, 0.25) is 0 Å². The zero-order valence-corrected chi connectivity index (χ0v) is 14.2. The van der Waals surface area contributed by atoms with Crippen LogP contribution in [0.15, 0.2) is 52.9 Å². The lowest BCUT2D eigenvalue weighted by molar-refractivity contribution is 0.604. The van der Waals surface area contributed by atoms with Gasteiger partial charge in [0.1, 0.15) is 11.3 Å². The van der Waals surface area contributed by atoms with E-state index >= 15 is 0 Å². The van der Waals surface area contributed by atoms with Crippen LogP contribution >= 0.6 is 22.6 Å². The Balaban J connectivity index is 1.83. The number of fused-ring (bicyclic) bond motifs is 1. The molecule has 0 saturated carbocycles. The number of rotatable bonds is 3. The Hall–Kier alpha value is -1.75. The molecule has 0 aliphatic carbocycles. The molecule has 21 heavy (non-hydrogen) atoms. The van der Waals surface area contributed by atoms with E-state index in [4.69, 9.17) is 4.42 Å². The van der Waals surface area contributed by atoms with Gasteiger partial charge in [0.25, 0.3) is 0 Å². The molecule has 0 fully saturated rings. The molecule has 0 bridgehead atoms. The van der Waals surface area contributed by atoms with E-state index in [9.17, 15) is 0 Å². The highest BCUT2D eigenvalue weighted by Gasteiger charge is 2.01. The molecule has 106 valence electrons. The molecule has 3 aromatic rings. The molecule has 0 aliphatic heterocycles. The number of hydrogen-bond acceptors (Lipinski definition) is 2. The average Bonchev–Trinajstić information content (AvgIpc) is 2.87. The molecule has 0 atom stereocenters. The van der Waals surface area contributed by atoms with Crippen molar-refractivity contribution in [1.82, 2.24) is 0 Å². The van der Waals surface area contributed by atoms with Crippen LogP contribution in [0.4, 0.5) is 5.69 Å². The van der Waals surface area contributed by atoms with Crippen LogP contribution < -0.4 is 4.90 Å². The minimum atomic E-state index is 0.878. The molecule has 0 aliphatic rings. The molecular weight excluding hydrogens is 373 g/mol. The third-order valence-electron chi connectivity index (χ3n) is 3.35. The molecule has 1 heterocycles. The summed E-state index contributed by atoms with van der Waals surface area (Å²) < 4.78 is 7.02. The van der Waals surface area contributed by atoms with Crippen LogP contribution in [0.5, 0.6) is 0 Å². The Morgan fingerprint density at radius 3 is 2.43 bits per heavy atom. The van der Waals surface area contributed by atoms with Gasteiger partial charge in [-0.05, 0) is 64.6 Å². The Bertz CT molecular complexity index is 785. The SMILES string of the molecule is CN(C)c1ccc(C=Cc2cc3ccc(I)cc3o2)cc1. The van der Waals surface area contributed by atoms with Gasteiger partial charge in [0.15, 0.2) is 0 Å². The van der Waals surface area contributed by atoms with E-state index in [1.807, 2.05) is 20.2 Å². The maximum atomic E-state index is 5.83. The second kappa shape index (κ2) is 5.93. The molecule has 3 heteroatoms. The Morgan fingerprint density at radius 1 is 0.952 bits per heavy atom. The monoisotopic (exact) mass is 389 g/mol. The minimum absolute atomic E-state index is 0.878. The van der Waals surface area contributed by atoms with E-state index in [1.165, 1.54) is 9.26 Å². The van der Waals surface area contributed by atoms with Crippen molar-refractivity contribution >= 4 is 51.4 Å². The predicted molar refractivity (Wildman–Crippen MR) is 98.6 cm³/mol. The lowest BCUT2D eigenvalue weighted by Crippen LogP contribution is -2.07. The zero-order valence-electron chi connectivity index (χ0n) is 12.0. The number of furan rings is 1. The zero-order chi connectivity index (χ0) is 14.8. The van der Waals surface area contributed by atoms with Crippen molar-refractivity contribution < 1.29 is 4.42 Å². The normalized spacial score (nSPS) is 11.4. The van der Waals surface area contributed by atoms with Gasteiger partial charge in [-0.3, -0.25) is 0 Å². The van der Waals surface area contributed by atoms with Crippen LogP contribution in [0.3, 0.4) is 0 Å². The van der Waals surface area contributed by atoms with Crippen molar-refractivity contribution in [2.75, 3.05) is 19.0 Å². The number of nitrogens with zero attached hydrogens (tertiary/aromatic N) is 1. The van der Waals surface area contributed by atoms with E-state index in [0.717, 1.165) is 22.3 Å². The topological polar surface area (TPSA) is 16.4 Å². The number of hydrogen-bond donors (Lipinski definition) is 0. The number of halogens is 1. The highest BCUT2D eigenvalue weighted by Crippen LogP contribution is 2.23. The molecular formula is C18H16INO. The summed E-state index contributed by atoms with van der Waals surface area (Å²) in [6, 6.07) is 16.7. The second-order valence-corrected chi connectivity index (χ2v) is 6.40. The summed E-state index contributed by atoms with van der Waals surface area (Å²) in [5, 5.41) is 1.14. The number of benzene rings is 2. The summed E-state index contributed by atoms with van der Waals surface area (Å²) in [5.41, 5.74) is 3.30. The van der Waals surface area contributed by atoms with Crippen LogP contribution in [0.25, 0.3) is 23.1 Å². The van der Waals surface area contributed by atoms with Crippen molar-refractivity contribution in [3.8, 4) is 0 Å². The molecule has 3 rings (SSSR count). The van der Waals surface area contributed by atoms with Gasteiger partial charge < -0.3 is 9.32 Å². The fourth-order valence-corrected chi connectivity index (χ4v) is 2.63. The third kappa shape index (κ3) is 3.29. The lowest BCUT2D eigenvalue weighted by Gasteiger charge is -2.11. The molecule has 0 spiro atoms. The average molecular weight is 389 g/mol. The molecule has 0 N–H and O–H groups in total. The van der Waals surface area contributed by atoms with Gasteiger partial charge >= 0.3 is 0 Å². The maximum Gasteiger partial charge on any atom is 0.135 e. The van der Waals surface area contributed by atoms with Crippen LogP contribution in [-0.2, 0) is 0 Å². The highest BCUT2D eigenvalue weighted by atomic mass is 127. The summed E-state index contributed by atoms with van der Waals surface area (Å²) in [5.74, 6) is 0.878. The highest BCUT2D eigenvalue weighted by molar-refractivity contribution is 14.1. The van der Waals surface area contributed by atoms with Gasteiger partial charge in [0.05, 0.1) is 0 Å². The van der Waals surface area contributed by atoms with Crippen LogP contribution in [0, 0.1) is 3.57 Å². The van der Waals surface area contributed by atoms with Gasteiger partial charge in [-0.25, -0.2) is 0 Å². The summed E-state index contributed by atoms with van der Waals surface area (Å²) in [6.45, 7) is 0. The molecule has 1 aromatic heterocycles. The first-order chi connectivity index (χ1) is 10.1. The largest absolute Gasteiger partial charge is 0.457 e. The molecule has 0 amide bonds.